The number of nitrogens with one attached hydrogen (secondary N) is 1. The first-order valence-electron chi connectivity index (χ1n) is 8.66. The number of amides is 2. The average Bonchev–Trinajstić information content (AvgIpc) is 2.90. The molecule has 2 amide bonds. The number of piperazine rings is 1. The maximum atomic E-state index is 12.6. The molecule has 0 unspecified atom stereocenters. The molecule has 0 saturated carbocycles. The van der Waals surface area contributed by atoms with Gasteiger partial charge in [0.05, 0.1) is 4.91 Å². The Bertz CT molecular complexity index is 761. The first-order chi connectivity index (χ1) is 12.9. The summed E-state index contributed by atoms with van der Waals surface area (Å²) in [4.78, 5) is 29.1. The lowest BCUT2D eigenvalue weighted by Gasteiger charge is -2.32. The number of halogens is 1. The number of thiocarbonyl (C=S) groups is 1. The maximum Gasteiger partial charge on any atom is 0.266 e. The summed E-state index contributed by atoms with van der Waals surface area (Å²) < 4.78 is 0.479. The molecule has 2 aliphatic rings. The van der Waals surface area contributed by atoms with Crippen molar-refractivity contribution in [1.29, 1.82) is 0 Å². The van der Waals surface area contributed by atoms with Crippen LogP contribution in [0.4, 0.5) is 0 Å². The maximum absolute atomic E-state index is 12.6. The van der Waals surface area contributed by atoms with Crippen molar-refractivity contribution in [3.63, 3.8) is 0 Å². The molecule has 27 heavy (non-hydrogen) atoms. The molecule has 1 aromatic carbocycles. The lowest BCUT2D eigenvalue weighted by atomic mass is 10.2. The van der Waals surface area contributed by atoms with Crippen molar-refractivity contribution in [1.82, 2.24) is 20.2 Å². The molecular weight excluding hydrogens is 404 g/mol. The summed E-state index contributed by atoms with van der Waals surface area (Å²) in [5.74, 6) is -0.261. The van der Waals surface area contributed by atoms with Gasteiger partial charge in [-0.05, 0) is 30.8 Å². The van der Waals surface area contributed by atoms with Gasteiger partial charge in [0, 0.05) is 44.2 Å². The Morgan fingerprint density at radius 2 is 1.93 bits per heavy atom. The van der Waals surface area contributed by atoms with Crippen LogP contribution in [0, 0.1) is 0 Å². The lowest BCUT2D eigenvalue weighted by molar-refractivity contribution is -0.127. The molecule has 3 rings (SSSR count). The molecule has 1 aromatic rings. The van der Waals surface area contributed by atoms with Crippen LogP contribution in [0.3, 0.4) is 0 Å². The van der Waals surface area contributed by atoms with E-state index in [2.05, 4.69) is 17.4 Å². The van der Waals surface area contributed by atoms with Gasteiger partial charge in [0.2, 0.25) is 5.91 Å². The van der Waals surface area contributed by atoms with E-state index >= 15 is 0 Å². The van der Waals surface area contributed by atoms with Crippen LogP contribution in [0.5, 0.6) is 0 Å². The number of hydrazine groups is 1. The summed E-state index contributed by atoms with van der Waals surface area (Å²) in [5.41, 5.74) is 3.78. The van der Waals surface area contributed by atoms with E-state index in [-0.39, 0.29) is 24.8 Å². The van der Waals surface area contributed by atoms with Crippen LogP contribution in [0.1, 0.15) is 12.0 Å². The zero-order valence-corrected chi connectivity index (χ0v) is 17.4. The van der Waals surface area contributed by atoms with Crippen LogP contribution in [-0.4, -0.2) is 70.7 Å². The Labute approximate surface area is 173 Å². The van der Waals surface area contributed by atoms with E-state index in [1.807, 2.05) is 17.1 Å². The number of thioether (sulfide) groups is 1. The van der Waals surface area contributed by atoms with Gasteiger partial charge in [0.15, 0.2) is 0 Å². The molecule has 9 heteroatoms. The van der Waals surface area contributed by atoms with Gasteiger partial charge in [0.1, 0.15) is 4.32 Å². The van der Waals surface area contributed by atoms with Crippen LogP contribution in [-0.2, 0) is 9.59 Å². The lowest BCUT2D eigenvalue weighted by Crippen LogP contribution is -2.52. The van der Waals surface area contributed by atoms with E-state index in [9.17, 15) is 9.59 Å². The summed E-state index contributed by atoms with van der Waals surface area (Å²) in [5, 5.41) is 2.57. The van der Waals surface area contributed by atoms with Crippen molar-refractivity contribution in [3.05, 3.63) is 39.8 Å². The van der Waals surface area contributed by atoms with Gasteiger partial charge >= 0.3 is 0 Å². The molecule has 0 aliphatic carbocycles. The molecule has 2 heterocycles. The number of carbonyl (C=O) groups excluding carboxylic acids is 2. The third kappa shape index (κ3) is 5.52. The highest BCUT2D eigenvalue weighted by Gasteiger charge is 2.32. The Balaban J connectivity index is 1.53. The first-order valence-corrected chi connectivity index (χ1v) is 10.3. The Morgan fingerprint density at radius 1 is 1.26 bits per heavy atom. The Kier molecular flexibility index (Phi) is 6.88. The van der Waals surface area contributed by atoms with E-state index < -0.39 is 0 Å². The van der Waals surface area contributed by atoms with Crippen LogP contribution in [0.25, 0.3) is 6.08 Å². The van der Waals surface area contributed by atoms with Gasteiger partial charge in [-0.25, -0.2) is 5.01 Å². The van der Waals surface area contributed by atoms with E-state index in [0.717, 1.165) is 31.7 Å². The minimum absolute atomic E-state index is 0.102. The fourth-order valence-corrected chi connectivity index (χ4v) is 4.20. The predicted molar refractivity (Wildman–Crippen MR) is 113 cm³/mol. The number of nitrogens with zero attached hydrogens (tertiary/aromatic N) is 3. The predicted octanol–water partition coefficient (Wildman–Crippen LogP) is 2.21. The van der Waals surface area contributed by atoms with Crippen LogP contribution in [0.15, 0.2) is 29.2 Å². The molecule has 144 valence electrons. The van der Waals surface area contributed by atoms with E-state index in [4.69, 9.17) is 23.8 Å². The monoisotopic (exact) mass is 424 g/mol. The zero-order valence-electron chi connectivity index (χ0n) is 15.0. The van der Waals surface area contributed by atoms with E-state index in [1.54, 1.807) is 18.2 Å². The van der Waals surface area contributed by atoms with Crippen molar-refractivity contribution in [2.45, 2.75) is 6.42 Å². The molecular formula is C18H21ClN4O2S2. The summed E-state index contributed by atoms with van der Waals surface area (Å²) in [6, 6.07) is 7.24. The normalized spacial score (nSPS) is 20.5. The third-order valence-corrected chi connectivity index (χ3v) is 6.02. The Morgan fingerprint density at radius 3 is 2.59 bits per heavy atom. The summed E-state index contributed by atoms with van der Waals surface area (Å²) in [6.45, 7) is 3.72. The van der Waals surface area contributed by atoms with Gasteiger partial charge in [0.25, 0.3) is 5.91 Å². The number of likely N-dealkylation sites (N-methyl/N-ethyl adjacent to an activating group) is 1. The minimum Gasteiger partial charge on any atom is -0.304 e. The van der Waals surface area contributed by atoms with Crippen LogP contribution >= 0.6 is 35.6 Å². The first kappa shape index (κ1) is 20.3. The fourth-order valence-electron chi connectivity index (χ4n) is 2.77. The summed E-state index contributed by atoms with van der Waals surface area (Å²) in [7, 11) is 2.06. The third-order valence-electron chi connectivity index (χ3n) is 4.39. The van der Waals surface area contributed by atoms with Crippen molar-refractivity contribution in [2.75, 3.05) is 39.8 Å². The van der Waals surface area contributed by atoms with Gasteiger partial charge in [-0.1, -0.05) is 47.7 Å². The van der Waals surface area contributed by atoms with Gasteiger partial charge in [-0.2, -0.15) is 0 Å². The quantitative estimate of drug-likeness (QED) is 0.577. The second kappa shape index (κ2) is 9.16. The van der Waals surface area contributed by atoms with Gasteiger partial charge < -0.3 is 4.90 Å². The highest BCUT2D eigenvalue weighted by molar-refractivity contribution is 8.26. The second-order valence-corrected chi connectivity index (χ2v) is 8.57. The molecule has 1 N–H and O–H groups in total. The number of carbonyl (C=O) groups is 2. The fraction of sp³-hybridized carbons (Fsp3) is 0.389. The molecule has 0 spiro atoms. The van der Waals surface area contributed by atoms with Gasteiger partial charge in [-0.3, -0.25) is 19.9 Å². The summed E-state index contributed by atoms with van der Waals surface area (Å²) >= 11 is 12.5. The highest BCUT2D eigenvalue weighted by Crippen LogP contribution is 2.32. The zero-order chi connectivity index (χ0) is 19.4. The number of hydrogen-bond acceptors (Lipinski definition) is 6. The molecule has 0 aromatic heterocycles. The minimum atomic E-state index is -0.160. The average molecular weight is 425 g/mol. The van der Waals surface area contributed by atoms with E-state index in [1.165, 1.54) is 16.7 Å². The Hall–Kier alpha value is -1.45. The van der Waals surface area contributed by atoms with Gasteiger partial charge in [-0.15, -0.1) is 0 Å². The molecule has 2 fully saturated rings. The number of benzene rings is 1. The van der Waals surface area contributed by atoms with Crippen molar-refractivity contribution >= 4 is 57.8 Å². The van der Waals surface area contributed by atoms with Crippen LogP contribution in [0.2, 0.25) is 5.02 Å². The topological polar surface area (TPSA) is 55.9 Å². The van der Waals surface area contributed by atoms with Crippen molar-refractivity contribution in [2.24, 2.45) is 0 Å². The smallest absolute Gasteiger partial charge is 0.266 e. The second-order valence-electron chi connectivity index (χ2n) is 6.46. The summed E-state index contributed by atoms with van der Waals surface area (Å²) in [6.07, 6.45) is 2.01. The standard InChI is InChI=1S/C18H21ClN4O2S2/c1-21-8-10-22(11-9-21)20-16(24)6-7-23-17(25)15(27-18(23)26)12-13-2-4-14(19)5-3-13/h2-5,12H,6-11H2,1H3,(H,20,24)/b15-12-. The van der Waals surface area contributed by atoms with E-state index in [0.29, 0.717) is 14.2 Å². The molecule has 0 radical (unpaired) electrons. The molecule has 2 aliphatic heterocycles. The number of hydrogen-bond donors (Lipinski definition) is 1. The van der Waals surface area contributed by atoms with Crippen molar-refractivity contribution in [3.8, 4) is 0 Å². The molecule has 0 bridgehead atoms. The van der Waals surface area contributed by atoms with Crippen molar-refractivity contribution < 1.29 is 9.59 Å². The van der Waals surface area contributed by atoms with Crippen LogP contribution < -0.4 is 5.43 Å². The molecule has 0 atom stereocenters. The highest BCUT2D eigenvalue weighted by atomic mass is 35.5. The molecule has 6 nitrogen and oxygen atoms in total. The largest absolute Gasteiger partial charge is 0.304 e. The molecule has 2 saturated heterocycles. The SMILES string of the molecule is CN1CCN(NC(=O)CCN2C(=O)/C(=C/c3ccc(Cl)cc3)SC2=S)CC1. The number of rotatable bonds is 5.